The van der Waals surface area contributed by atoms with Crippen LogP contribution in [-0.4, -0.2) is 16.5 Å². The van der Waals surface area contributed by atoms with Gasteiger partial charge in [0.1, 0.15) is 0 Å². The van der Waals surface area contributed by atoms with Crippen molar-refractivity contribution in [3.05, 3.63) is 28.6 Å². The van der Waals surface area contributed by atoms with Gasteiger partial charge in [-0.15, -0.1) is 4.73 Å². The van der Waals surface area contributed by atoms with Gasteiger partial charge in [-0.3, -0.25) is 4.79 Å². The second-order valence-corrected chi connectivity index (χ2v) is 5.70. The van der Waals surface area contributed by atoms with E-state index < -0.39 is 5.56 Å². The van der Waals surface area contributed by atoms with Crippen LogP contribution in [0.1, 0.15) is 34.1 Å². The molecule has 0 radical (unpaired) electrons. The first kappa shape index (κ1) is 13.6. The fraction of sp³-hybridized carbons (Fsp3) is 0.615. The van der Waals surface area contributed by atoms with E-state index in [-0.39, 0.29) is 11.3 Å². The van der Waals surface area contributed by atoms with Crippen LogP contribution in [0.5, 0.6) is 5.88 Å². The van der Waals surface area contributed by atoms with Gasteiger partial charge in [-0.2, -0.15) is 0 Å². The number of hydrogen-bond acceptors (Lipinski definition) is 3. The van der Waals surface area contributed by atoms with Crippen LogP contribution in [-0.2, 0) is 0 Å². The van der Waals surface area contributed by atoms with Gasteiger partial charge in [0.25, 0.3) is 5.56 Å². The van der Waals surface area contributed by atoms with Crippen molar-refractivity contribution in [3.8, 4) is 5.88 Å². The van der Waals surface area contributed by atoms with Crippen LogP contribution < -0.4 is 10.3 Å². The monoisotopic (exact) mass is 239 g/mol. The van der Waals surface area contributed by atoms with Crippen LogP contribution in [0.3, 0.4) is 0 Å². The highest BCUT2D eigenvalue weighted by Crippen LogP contribution is 2.24. The number of ether oxygens (including phenoxy) is 1. The zero-order chi connectivity index (χ0) is 13.1. The molecule has 0 saturated carbocycles. The first-order chi connectivity index (χ1) is 7.79. The number of hydrogen-bond donors (Lipinski definition) is 1. The smallest absolute Gasteiger partial charge is 0.286 e. The second-order valence-electron chi connectivity index (χ2n) is 5.70. The van der Waals surface area contributed by atoms with E-state index in [2.05, 4.69) is 27.7 Å². The molecule has 96 valence electrons. The van der Waals surface area contributed by atoms with Crippen LogP contribution in [0.2, 0.25) is 0 Å². The van der Waals surface area contributed by atoms with Crippen molar-refractivity contribution in [1.29, 1.82) is 0 Å². The van der Waals surface area contributed by atoms with E-state index in [1.807, 2.05) is 0 Å². The van der Waals surface area contributed by atoms with E-state index in [1.165, 1.54) is 6.07 Å². The molecule has 0 amide bonds. The van der Waals surface area contributed by atoms with Crippen molar-refractivity contribution in [1.82, 2.24) is 4.73 Å². The lowest BCUT2D eigenvalue weighted by Gasteiger charge is -2.23. The minimum absolute atomic E-state index is 0.193. The third kappa shape index (κ3) is 4.51. The molecule has 17 heavy (non-hydrogen) atoms. The summed E-state index contributed by atoms with van der Waals surface area (Å²) in [7, 11) is 0. The maximum Gasteiger partial charge on any atom is 0.286 e. The lowest BCUT2D eigenvalue weighted by molar-refractivity contribution is 0.115. The third-order valence-corrected chi connectivity index (χ3v) is 2.37. The molecule has 0 aliphatic rings. The Hall–Kier alpha value is -1.45. The fourth-order valence-corrected chi connectivity index (χ4v) is 1.90. The minimum atomic E-state index is -0.481. The van der Waals surface area contributed by atoms with Gasteiger partial charge in [0.15, 0.2) is 0 Å². The van der Waals surface area contributed by atoms with Crippen LogP contribution in [0.15, 0.2) is 23.0 Å². The molecule has 0 spiro atoms. The van der Waals surface area contributed by atoms with Gasteiger partial charge < -0.3 is 9.94 Å². The summed E-state index contributed by atoms with van der Waals surface area (Å²) in [5.41, 5.74) is -0.232. The Labute approximate surface area is 102 Å². The van der Waals surface area contributed by atoms with E-state index in [4.69, 9.17) is 4.74 Å². The van der Waals surface area contributed by atoms with Crippen LogP contribution in [0.4, 0.5) is 0 Å². The average molecular weight is 239 g/mol. The van der Waals surface area contributed by atoms with Gasteiger partial charge in [-0.25, -0.2) is 0 Å². The lowest BCUT2D eigenvalue weighted by Crippen LogP contribution is -2.21. The Kier molecular flexibility index (Phi) is 4.21. The molecule has 1 heterocycles. The maximum absolute atomic E-state index is 11.1. The fourth-order valence-electron chi connectivity index (χ4n) is 1.90. The molecule has 1 aromatic rings. The van der Waals surface area contributed by atoms with Gasteiger partial charge in [0.2, 0.25) is 5.88 Å². The first-order valence-corrected chi connectivity index (χ1v) is 5.84. The highest BCUT2D eigenvalue weighted by Gasteiger charge is 2.16. The average Bonchev–Trinajstić information content (AvgIpc) is 2.18. The summed E-state index contributed by atoms with van der Waals surface area (Å²) >= 11 is 0. The third-order valence-electron chi connectivity index (χ3n) is 2.37. The summed E-state index contributed by atoms with van der Waals surface area (Å²) in [5, 5.41) is 9.42. The van der Waals surface area contributed by atoms with Crippen molar-refractivity contribution < 1.29 is 9.94 Å². The SMILES string of the molecule is CC(COc1cccc(=O)n1O)CC(C)(C)C. The Bertz CT molecular complexity index is 417. The topological polar surface area (TPSA) is 51.5 Å². The van der Waals surface area contributed by atoms with Gasteiger partial charge >= 0.3 is 0 Å². The molecule has 4 heteroatoms. The van der Waals surface area contributed by atoms with Crippen LogP contribution in [0, 0.1) is 11.3 Å². The van der Waals surface area contributed by atoms with E-state index in [1.54, 1.807) is 12.1 Å². The summed E-state index contributed by atoms with van der Waals surface area (Å²) in [6.45, 7) is 9.10. The molecule has 0 bridgehead atoms. The molecule has 1 aromatic heterocycles. The summed E-state index contributed by atoms with van der Waals surface area (Å²) in [5.74, 6) is 0.559. The lowest BCUT2D eigenvalue weighted by atomic mass is 9.86. The van der Waals surface area contributed by atoms with Crippen molar-refractivity contribution in [2.45, 2.75) is 34.1 Å². The maximum atomic E-state index is 11.1. The standard InChI is InChI=1S/C13H21NO3/c1-10(8-13(2,3)4)9-17-12-7-5-6-11(15)14(12)16/h5-7,10,16H,8-9H2,1-4H3. The van der Waals surface area contributed by atoms with Gasteiger partial charge in [-0.05, 0) is 17.8 Å². The molecular weight excluding hydrogens is 218 g/mol. The molecular formula is C13H21NO3. The molecule has 0 aromatic carbocycles. The molecule has 1 atom stereocenters. The van der Waals surface area contributed by atoms with Crippen LogP contribution >= 0.6 is 0 Å². The molecule has 1 rings (SSSR count). The minimum Gasteiger partial charge on any atom is -0.476 e. The second kappa shape index (κ2) is 5.25. The highest BCUT2D eigenvalue weighted by molar-refractivity contribution is 5.10. The van der Waals surface area contributed by atoms with E-state index in [0.717, 1.165) is 6.42 Å². The normalized spacial score (nSPS) is 13.4. The predicted octanol–water partition coefficient (Wildman–Crippen LogP) is 2.54. The Morgan fingerprint density at radius 3 is 2.65 bits per heavy atom. The number of rotatable bonds is 4. The number of nitrogens with zero attached hydrogens (tertiary/aromatic N) is 1. The van der Waals surface area contributed by atoms with Crippen molar-refractivity contribution in [2.75, 3.05) is 6.61 Å². The van der Waals surface area contributed by atoms with Crippen LogP contribution in [0.25, 0.3) is 0 Å². The summed E-state index contributed by atoms with van der Waals surface area (Å²) in [6, 6.07) is 4.43. The molecule has 0 aliphatic heterocycles. The summed E-state index contributed by atoms with van der Waals surface area (Å²) in [6.07, 6.45) is 1.02. The predicted molar refractivity (Wildman–Crippen MR) is 66.6 cm³/mol. The van der Waals surface area contributed by atoms with Crippen molar-refractivity contribution in [3.63, 3.8) is 0 Å². The largest absolute Gasteiger partial charge is 0.476 e. The number of aromatic nitrogens is 1. The van der Waals surface area contributed by atoms with E-state index >= 15 is 0 Å². The molecule has 0 saturated heterocycles. The molecule has 0 fully saturated rings. The quantitative estimate of drug-likeness (QED) is 0.821. The Morgan fingerprint density at radius 2 is 2.06 bits per heavy atom. The molecule has 1 unspecified atom stereocenters. The Morgan fingerprint density at radius 1 is 1.41 bits per heavy atom. The van der Waals surface area contributed by atoms with E-state index in [0.29, 0.717) is 17.3 Å². The molecule has 4 nitrogen and oxygen atoms in total. The summed E-state index contributed by atoms with van der Waals surface area (Å²) < 4.78 is 5.97. The van der Waals surface area contributed by atoms with Crippen molar-refractivity contribution in [2.24, 2.45) is 11.3 Å². The first-order valence-electron chi connectivity index (χ1n) is 5.84. The van der Waals surface area contributed by atoms with E-state index in [9.17, 15) is 10.0 Å². The Balaban J connectivity index is 2.56. The molecule has 1 N–H and O–H groups in total. The van der Waals surface area contributed by atoms with Gasteiger partial charge in [-0.1, -0.05) is 33.8 Å². The zero-order valence-corrected chi connectivity index (χ0v) is 10.9. The zero-order valence-electron chi connectivity index (χ0n) is 10.9. The molecule has 0 aliphatic carbocycles. The van der Waals surface area contributed by atoms with Gasteiger partial charge in [0, 0.05) is 12.1 Å². The number of pyridine rings is 1. The van der Waals surface area contributed by atoms with Gasteiger partial charge in [0.05, 0.1) is 6.61 Å². The van der Waals surface area contributed by atoms with Crippen molar-refractivity contribution >= 4 is 0 Å². The summed E-state index contributed by atoms with van der Waals surface area (Å²) in [4.78, 5) is 11.1. The highest BCUT2D eigenvalue weighted by atomic mass is 16.6.